The van der Waals surface area contributed by atoms with E-state index in [4.69, 9.17) is 16.2 Å². The minimum Gasteiger partial charge on any atom is -0.402 e. The third kappa shape index (κ3) is 5.61. The van der Waals surface area contributed by atoms with Crippen LogP contribution in [0.4, 0.5) is 38.4 Å². The average Bonchev–Trinajstić information content (AvgIpc) is 3.28. The maximum Gasteiger partial charge on any atom is 0.416 e. The fourth-order valence-corrected chi connectivity index (χ4v) is 4.28. The number of hydrogen-bond acceptors (Lipinski definition) is 8. The normalized spacial score (nSPS) is 11.6. The molecule has 0 radical (unpaired) electrons. The minimum absolute atomic E-state index is 0.0203. The molecular weight excluding hydrogens is 563 g/mol. The molecule has 42 heavy (non-hydrogen) atoms. The quantitative estimate of drug-likeness (QED) is 0.240. The number of rotatable bonds is 6. The first-order valence-electron chi connectivity index (χ1n) is 12.2. The Balaban J connectivity index is 1.40. The van der Waals surface area contributed by atoms with Crippen molar-refractivity contribution in [3.05, 3.63) is 94.3 Å². The molecule has 0 atom stereocenters. The summed E-state index contributed by atoms with van der Waals surface area (Å²) in [4.78, 5) is 24.7. The number of aromatic nitrogens is 5. The average molecular weight is 585 g/mol. The maximum atomic E-state index is 14.3. The molecule has 0 saturated heterocycles. The molecule has 0 aliphatic carbocycles. The van der Waals surface area contributed by atoms with Gasteiger partial charge in [-0.15, -0.1) is 0 Å². The van der Waals surface area contributed by atoms with E-state index in [1.54, 1.807) is 18.2 Å². The summed E-state index contributed by atoms with van der Waals surface area (Å²) >= 11 is 0. The van der Waals surface area contributed by atoms with Crippen molar-refractivity contribution < 1.29 is 31.5 Å². The van der Waals surface area contributed by atoms with Crippen molar-refractivity contribution in [2.75, 3.05) is 11.5 Å². The van der Waals surface area contributed by atoms with Crippen molar-refractivity contribution >= 4 is 28.8 Å². The summed E-state index contributed by atoms with van der Waals surface area (Å²) < 4.78 is 74.2. The van der Waals surface area contributed by atoms with Crippen LogP contribution in [0.2, 0.25) is 0 Å². The lowest BCUT2D eigenvalue weighted by molar-refractivity contribution is -0.138. The topological polar surface area (TPSA) is 147 Å². The SMILES string of the molecule is Cc1c(CNC(=O)Oc2c(N)nc(-n3nc(Cc4ccccc4F)c4ncc(F)cc43)nc2N)cccc1C(F)(F)F. The predicted octanol–water partition coefficient (Wildman–Crippen LogP) is 4.86. The van der Waals surface area contributed by atoms with Crippen LogP contribution in [0.15, 0.2) is 54.7 Å². The third-order valence-electron chi connectivity index (χ3n) is 6.34. The Hall–Kier alpha value is -5.34. The van der Waals surface area contributed by atoms with Crippen molar-refractivity contribution in [1.82, 2.24) is 30.0 Å². The number of nitrogens with one attached hydrogen (secondary N) is 1. The lowest BCUT2D eigenvalue weighted by atomic mass is 10.0. The number of anilines is 2. The van der Waals surface area contributed by atoms with Gasteiger partial charge in [-0.25, -0.2) is 18.6 Å². The molecule has 10 nitrogen and oxygen atoms in total. The second-order valence-corrected chi connectivity index (χ2v) is 9.10. The summed E-state index contributed by atoms with van der Waals surface area (Å²) in [7, 11) is 0. The third-order valence-corrected chi connectivity index (χ3v) is 6.34. The van der Waals surface area contributed by atoms with E-state index in [2.05, 4.69) is 25.4 Å². The number of carbonyl (C=O) groups excluding carboxylic acids is 1. The molecule has 0 fully saturated rings. The zero-order valence-corrected chi connectivity index (χ0v) is 21.7. The summed E-state index contributed by atoms with van der Waals surface area (Å²) in [5.41, 5.74) is 12.3. The summed E-state index contributed by atoms with van der Waals surface area (Å²) in [6.45, 7) is 1.01. The molecule has 2 aromatic carbocycles. The number of nitrogens with two attached hydrogens (primary N) is 2. The summed E-state index contributed by atoms with van der Waals surface area (Å²) in [6, 6.07) is 10.8. The zero-order chi connectivity index (χ0) is 30.2. The highest BCUT2D eigenvalue weighted by molar-refractivity contribution is 5.80. The molecule has 0 unspecified atom stereocenters. The predicted molar refractivity (Wildman–Crippen MR) is 141 cm³/mol. The number of alkyl halides is 3. The Morgan fingerprint density at radius 1 is 1.02 bits per heavy atom. The van der Waals surface area contributed by atoms with E-state index in [9.17, 15) is 26.7 Å². The summed E-state index contributed by atoms with van der Waals surface area (Å²) in [6.07, 6.45) is -4.63. The van der Waals surface area contributed by atoms with Gasteiger partial charge in [0.05, 0.1) is 23.0 Å². The number of benzene rings is 2. The fourth-order valence-electron chi connectivity index (χ4n) is 4.28. The highest BCUT2D eigenvalue weighted by Crippen LogP contribution is 2.33. The molecule has 3 heterocycles. The summed E-state index contributed by atoms with van der Waals surface area (Å²) in [5, 5.41) is 6.73. The van der Waals surface area contributed by atoms with Crippen molar-refractivity contribution in [1.29, 1.82) is 0 Å². The number of nitrogen functional groups attached to an aromatic ring is 2. The first-order valence-corrected chi connectivity index (χ1v) is 12.2. The Kier molecular flexibility index (Phi) is 7.33. The molecule has 5 aromatic rings. The fraction of sp³-hybridized carbons (Fsp3) is 0.148. The first-order chi connectivity index (χ1) is 19.9. The first kappa shape index (κ1) is 28.2. The van der Waals surface area contributed by atoms with Crippen molar-refractivity contribution in [2.24, 2.45) is 0 Å². The van der Waals surface area contributed by atoms with Crippen LogP contribution < -0.4 is 21.5 Å². The number of carbonyl (C=O) groups is 1. The van der Waals surface area contributed by atoms with Gasteiger partial charge in [-0.1, -0.05) is 30.3 Å². The molecule has 5 rings (SSSR count). The largest absolute Gasteiger partial charge is 0.416 e. The lowest BCUT2D eigenvalue weighted by Gasteiger charge is -2.15. The molecule has 0 aliphatic heterocycles. The number of amides is 1. The molecule has 15 heteroatoms. The highest BCUT2D eigenvalue weighted by atomic mass is 19.4. The molecule has 1 amide bonds. The standard InChI is InChI=1S/C27H21F5N8O2/c1-13-15(6-4-7-17(13)27(30,31)32)11-36-26(41)42-22-23(33)37-25(38-24(22)34)40-20-10-16(28)12-35-21(20)19(39-40)9-14-5-2-3-8-18(14)29/h2-8,10,12H,9,11H2,1H3,(H,36,41)(H4,33,34,37,38). The van der Waals surface area contributed by atoms with E-state index in [1.807, 2.05) is 0 Å². The van der Waals surface area contributed by atoms with Gasteiger partial charge in [0.2, 0.25) is 5.75 Å². The Bertz CT molecular complexity index is 1800. The van der Waals surface area contributed by atoms with Crippen LogP contribution in [0.25, 0.3) is 17.0 Å². The van der Waals surface area contributed by atoms with E-state index in [1.165, 1.54) is 25.1 Å². The van der Waals surface area contributed by atoms with Gasteiger partial charge in [0.15, 0.2) is 11.6 Å². The molecule has 0 aliphatic rings. The van der Waals surface area contributed by atoms with Crippen LogP contribution >= 0.6 is 0 Å². The van der Waals surface area contributed by atoms with Crippen LogP contribution in [0.5, 0.6) is 5.75 Å². The number of pyridine rings is 1. The van der Waals surface area contributed by atoms with Crippen molar-refractivity contribution in [2.45, 2.75) is 26.1 Å². The van der Waals surface area contributed by atoms with Crippen LogP contribution in [-0.4, -0.2) is 30.8 Å². The molecule has 5 N–H and O–H groups in total. The van der Waals surface area contributed by atoms with E-state index >= 15 is 0 Å². The maximum absolute atomic E-state index is 14.3. The van der Waals surface area contributed by atoms with Gasteiger partial charge in [0.1, 0.15) is 17.2 Å². The van der Waals surface area contributed by atoms with Crippen LogP contribution in [-0.2, 0) is 19.1 Å². The molecule has 0 saturated carbocycles. The van der Waals surface area contributed by atoms with Gasteiger partial charge in [-0.3, -0.25) is 0 Å². The van der Waals surface area contributed by atoms with Gasteiger partial charge >= 0.3 is 12.3 Å². The Morgan fingerprint density at radius 2 is 1.71 bits per heavy atom. The van der Waals surface area contributed by atoms with Gasteiger partial charge in [0.25, 0.3) is 5.95 Å². The van der Waals surface area contributed by atoms with Gasteiger partial charge < -0.3 is 21.5 Å². The Morgan fingerprint density at radius 3 is 2.40 bits per heavy atom. The number of nitrogens with zero attached hydrogens (tertiary/aromatic N) is 5. The number of fused-ring (bicyclic) bond motifs is 1. The smallest absolute Gasteiger partial charge is 0.402 e. The van der Waals surface area contributed by atoms with Crippen molar-refractivity contribution in [3.8, 4) is 11.7 Å². The zero-order valence-electron chi connectivity index (χ0n) is 21.7. The van der Waals surface area contributed by atoms with E-state index < -0.39 is 35.2 Å². The van der Waals surface area contributed by atoms with Crippen LogP contribution in [0.1, 0.15) is 27.9 Å². The van der Waals surface area contributed by atoms with E-state index in [0.717, 1.165) is 23.0 Å². The monoisotopic (exact) mass is 584 g/mol. The highest BCUT2D eigenvalue weighted by Gasteiger charge is 2.32. The molecule has 0 spiro atoms. The number of halogens is 5. The van der Waals surface area contributed by atoms with E-state index in [0.29, 0.717) is 11.3 Å². The van der Waals surface area contributed by atoms with Crippen LogP contribution in [0, 0.1) is 18.6 Å². The van der Waals surface area contributed by atoms with Gasteiger partial charge in [0, 0.05) is 19.0 Å². The second-order valence-electron chi connectivity index (χ2n) is 9.10. The molecular formula is C27H21F5N8O2. The van der Waals surface area contributed by atoms with E-state index in [-0.39, 0.29) is 52.7 Å². The number of hydrogen-bond donors (Lipinski definition) is 3. The second kappa shape index (κ2) is 10.9. The lowest BCUT2D eigenvalue weighted by Crippen LogP contribution is -2.28. The summed E-state index contributed by atoms with van der Waals surface area (Å²) in [5.74, 6) is -2.54. The van der Waals surface area contributed by atoms with Gasteiger partial charge in [-0.2, -0.15) is 32.9 Å². The minimum atomic E-state index is -4.55. The molecule has 0 bridgehead atoms. The molecule has 216 valence electrons. The number of ether oxygens (including phenoxy) is 1. The van der Waals surface area contributed by atoms with Crippen LogP contribution in [0.3, 0.4) is 0 Å². The van der Waals surface area contributed by atoms with Crippen molar-refractivity contribution in [3.63, 3.8) is 0 Å². The molecule has 3 aromatic heterocycles. The van der Waals surface area contributed by atoms with Gasteiger partial charge in [-0.05, 0) is 35.7 Å². The Labute approximate surface area is 234 Å².